The third-order valence-corrected chi connectivity index (χ3v) is 2.38. The summed E-state index contributed by atoms with van der Waals surface area (Å²) in [5.74, 6) is -2.43. The lowest BCUT2D eigenvalue weighted by Crippen LogP contribution is -2.50. The van der Waals surface area contributed by atoms with Crippen LogP contribution in [0, 0.1) is 5.92 Å². The highest BCUT2D eigenvalue weighted by atomic mass is 19.3. The summed E-state index contributed by atoms with van der Waals surface area (Å²) < 4.78 is 24.6. The van der Waals surface area contributed by atoms with Crippen LogP contribution in [0.3, 0.4) is 0 Å². The van der Waals surface area contributed by atoms with Gasteiger partial charge in [-0.2, -0.15) is 0 Å². The van der Waals surface area contributed by atoms with Gasteiger partial charge < -0.3 is 5.32 Å². The van der Waals surface area contributed by atoms with Gasteiger partial charge in [0, 0.05) is 24.8 Å². The zero-order valence-corrected chi connectivity index (χ0v) is 6.65. The summed E-state index contributed by atoms with van der Waals surface area (Å²) in [6, 6.07) is -0.270. The second-order valence-corrected chi connectivity index (χ2v) is 3.74. The molecule has 1 amide bonds. The zero-order chi connectivity index (χ0) is 8.77. The van der Waals surface area contributed by atoms with Crippen LogP contribution >= 0.6 is 0 Å². The molecular weight excluding hydrogens is 164 g/mol. The number of carbonyl (C=O) groups is 1. The molecule has 2 fully saturated rings. The van der Waals surface area contributed by atoms with E-state index in [1.54, 1.807) is 0 Å². The molecule has 2 saturated carbocycles. The van der Waals surface area contributed by atoms with Crippen molar-refractivity contribution in [3.63, 3.8) is 0 Å². The average Bonchev–Trinajstić information content (AvgIpc) is 2.62. The van der Waals surface area contributed by atoms with Gasteiger partial charge in [-0.15, -0.1) is 0 Å². The van der Waals surface area contributed by atoms with Gasteiger partial charge in [-0.25, -0.2) is 8.78 Å². The van der Waals surface area contributed by atoms with Crippen molar-refractivity contribution in [3.05, 3.63) is 0 Å². The summed E-state index contributed by atoms with van der Waals surface area (Å²) in [5.41, 5.74) is 0. The summed E-state index contributed by atoms with van der Waals surface area (Å²) in [6.45, 7) is 0. The van der Waals surface area contributed by atoms with Gasteiger partial charge in [0.2, 0.25) is 5.91 Å². The van der Waals surface area contributed by atoms with Crippen molar-refractivity contribution in [2.45, 2.75) is 37.6 Å². The number of nitrogens with one attached hydrogen (secondary N) is 1. The Morgan fingerprint density at radius 1 is 1.33 bits per heavy atom. The predicted octanol–water partition coefficient (Wildman–Crippen LogP) is 1.31. The summed E-state index contributed by atoms with van der Waals surface area (Å²) in [4.78, 5) is 11.1. The third-order valence-electron chi connectivity index (χ3n) is 2.38. The first-order valence-electron chi connectivity index (χ1n) is 4.25. The molecule has 0 aromatic carbocycles. The molecule has 0 saturated heterocycles. The lowest BCUT2D eigenvalue weighted by molar-refractivity contribution is -0.130. The molecule has 0 aliphatic heterocycles. The lowest BCUT2D eigenvalue weighted by atomic mass is 9.88. The Labute approximate surface area is 69.3 Å². The molecule has 0 heterocycles. The second-order valence-electron chi connectivity index (χ2n) is 3.74. The van der Waals surface area contributed by atoms with Crippen LogP contribution in [0.25, 0.3) is 0 Å². The number of carbonyl (C=O) groups excluding carboxylic acids is 1. The fraction of sp³-hybridized carbons (Fsp3) is 0.875. The average molecular weight is 175 g/mol. The summed E-state index contributed by atoms with van der Waals surface area (Å²) in [5, 5.41) is 2.61. The van der Waals surface area contributed by atoms with Crippen LogP contribution in [-0.2, 0) is 4.79 Å². The van der Waals surface area contributed by atoms with Gasteiger partial charge in [0.25, 0.3) is 5.92 Å². The molecule has 0 aromatic rings. The smallest absolute Gasteiger partial charge is 0.252 e. The van der Waals surface area contributed by atoms with E-state index < -0.39 is 5.92 Å². The molecule has 68 valence electrons. The SMILES string of the molecule is O=C(NC1CC(F)(F)C1)C1CC1. The van der Waals surface area contributed by atoms with Crippen LogP contribution in [0.5, 0.6) is 0 Å². The van der Waals surface area contributed by atoms with Gasteiger partial charge in [0.15, 0.2) is 0 Å². The van der Waals surface area contributed by atoms with E-state index in [1.165, 1.54) is 0 Å². The van der Waals surface area contributed by atoms with Crippen molar-refractivity contribution >= 4 is 5.91 Å². The maximum Gasteiger partial charge on any atom is 0.252 e. The maximum atomic E-state index is 12.3. The number of halogens is 2. The van der Waals surface area contributed by atoms with Gasteiger partial charge in [-0.05, 0) is 12.8 Å². The Bertz CT molecular complexity index is 205. The maximum absolute atomic E-state index is 12.3. The molecule has 2 nitrogen and oxygen atoms in total. The summed E-state index contributed by atoms with van der Waals surface area (Å²) in [6.07, 6.45) is 1.50. The zero-order valence-electron chi connectivity index (χ0n) is 6.65. The van der Waals surface area contributed by atoms with E-state index in [0.717, 1.165) is 12.8 Å². The normalized spacial score (nSPS) is 27.8. The minimum atomic E-state index is -2.53. The Balaban J connectivity index is 1.72. The van der Waals surface area contributed by atoms with Crippen LogP contribution in [-0.4, -0.2) is 17.9 Å². The molecule has 0 aromatic heterocycles. The topological polar surface area (TPSA) is 29.1 Å². The first-order chi connectivity index (χ1) is 5.57. The van der Waals surface area contributed by atoms with E-state index in [-0.39, 0.29) is 30.7 Å². The van der Waals surface area contributed by atoms with Crippen LogP contribution in [0.15, 0.2) is 0 Å². The number of hydrogen-bond acceptors (Lipinski definition) is 1. The predicted molar refractivity (Wildman–Crippen MR) is 38.8 cm³/mol. The number of amides is 1. The Hall–Kier alpha value is -0.670. The van der Waals surface area contributed by atoms with Crippen molar-refractivity contribution in [3.8, 4) is 0 Å². The van der Waals surface area contributed by atoms with Crippen molar-refractivity contribution in [1.82, 2.24) is 5.32 Å². The van der Waals surface area contributed by atoms with E-state index in [4.69, 9.17) is 0 Å². The van der Waals surface area contributed by atoms with Gasteiger partial charge in [0.1, 0.15) is 0 Å². The van der Waals surface area contributed by atoms with Gasteiger partial charge >= 0.3 is 0 Å². The molecule has 0 bridgehead atoms. The minimum absolute atomic E-state index is 0.0319. The molecule has 2 aliphatic carbocycles. The van der Waals surface area contributed by atoms with Crippen LogP contribution in [0.2, 0.25) is 0 Å². The van der Waals surface area contributed by atoms with E-state index in [1.807, 2.05) is 0 Å². The van der Waals surface area contributed by atoms with E-state index in [0.29, 0.717) is 0 Å². The molecule has 2 aliphatic rings. The molecule has 2 rings (SSSR count). The molecular formula is C8H11F2NO. The summed E-state index contributed by atoms with van der Waals surface area (Å²) >= 11 is 0. The molecule has 12 heavy (non-hydrogen) atoms. The lowest BCUT2D eigenvalue weighted by Gasteiger charge is -2.35. The van der Waals surface area contributed by atoms with E-state index in [9.17, 15) is 13.6 Å². The molecule has 1 N–H and O–H groups in total. The molecule has 0 unspecified atom stereocenters. The van der Waals surface area contributed by atoms with E-state index in [2.05, 4.69) is 5.32 Å². The van der Waals surface area contributed by atoms with E-state index >= 15 is 0 Å². The largest absolute Gasteiger partial charge is 0.353 e. The number of hydrogen-bond donors (Lipinski definition) is 1. The Kier molecular flexibility index (Phi) is 1.59. The van der Waals surface area contributed by atoms with Gasteiger partial charge in [0.05, 0.1) is 0 Å². The highest BCUT2D eigenvalue weighted by molar-refractivity contribution is 5.81. The molecule has 0 radical (unpaired) electrons. The highest BCUT2D eigenvalue weighted by Crippen LogP contribution is 2.38. The monoisotopic (exact) mass is 175 g/mol. The van der Waals surface area contributed by atoms with Crippen molar-refractivity contribution in [2.24, 2.45) is 5.92 Å². The van der Waals surface area contributed by atoms with Crippen LogP contribution in [0.4, 0.5) is 8.78 Å². The first kappa shape index (κ1) is 7.95. The van der Waals surface area contributed by atoms with Gasteiger partial charge in [-0.1, -0.05) is 0 Å². The number of alkyl halides is 2. The van der Waals surface area contributed by atoms with Crippen LogP contribution < -0.4 is 5.32 Å². The summed E-state index contributed by atoms with van der Waals surface area (Å²) in [7, 11) is 0. The number of rotatable bonds is 2. The third kappa shape index (κ3) is 1.57. The molecule has 4 heteroatoms. The standard InChI is InChI=1S/C8H11F2NO/c9-8(10)3-6(4-8)11-7(12)5-1-2-5/h5-6H,1-4H2,(H,11,12). The fourth-order valence-electron chi connectivity index (χ4n) is 1.43. The fourth-order valence-corrected chi connectivity index (χ4v) is 1.43. The van der Waals surface area contributed by atoms with Crippen molar-refractivity contribution < 1.29 is 13.6 Å². The minimum Gasteiger partial charge on any atom is -0.353 e. The quantitative estimate of drug-likeness (QED) is 0.673. The Morgan fingerprint density at radius 3 is 2.33 bits per heavy atom. The first-order valence-corrected chi connectivity index (χ1v) is 4.25. The van der Waals surface area contributed by atoms with Crippen molar-refractivity contribution in [2.75, 3.05) is 0 Å². The Morgan fingerprint density at radius 2 is 1.92 bits per heavy atom. The second kappa shape index (κ2) is 2.41. The van der Waals surface area contributed by atoms with Crippen LogP contribution in [0.1, 0.15) is 25.7 Å². The molecule has 0 atom stereocenters. The van der Waals surface area contributed by atoms with Crippen molar-refractivity contribution in [1.29, 1.82) is 0 Å². The molecule has 0 spiro atoms. The van der Waals surface area contributed by atoms with Gasteiger partial charge in [-0.3, -0.25) is 4.79 Å². The highest BCUT2D eigenvalue weighted by Gasteiger charge is 2.46.